The summed E-state index contributed by atoms with van der Waals surface area (Å²) in [5.41, 5.74) is 1.46. The summed E-state index contributed by atoms with van der Waals surface area (Å²) >= 11 is 0. The molecule has 3 aromatic rings. The van der Waals surface area contributed by atoms with Crippen molar-refractivity contribution in [3.05, 3.63) is 92.1 Å². The number of amides is 1. The highest BCUT2D eigenvalue weighted by atomic mass is 16.3. The normalized spacial score (nSPS) is 15.1. The first kappa shape index (κ1) is 25.0. The van der Waals surface area contributed by atoms with Crippen LogP contribution in [0.4, 0.5) is 5.69 Å². The Morgan fingerprint density at radius 3 is 2.33 bits per heavy atom. The van der Waals surface area contributed by atoms with Crippen LogP contribution in [0.15, 0.2) is 69.3 Å². The van der Waals surface area contributed by atoms with Gasteiger partial charge in [0.1, 0.15) is 5.56 Å². The second-order valence-corrected chi connectivity index (χ2v) is 8.65. The van der Waals surface area contributed by atoms with E-state index in [0.29, 0.717) is 0 Å². The number of aromatic hydroxyl groups is 1. The molecule has 0 saturated heterocycles. The zero-order valence-corrected chi connectivity index (χ0v) is 20.8. The highest BCUT2D eigenvalue weighted by Crippen LogP contribution is 2.35. The second-order valence-electron chi connectivity index (χ2n) is 8.65. The molecule has 0 fully saturated rings. The van der Waals surface area contributed by atoms with E-state index in [0.717, 1.165) is 34.5 Å². The number of carbonyl (C=O) groups excluding carboxylic acids is 1. The Kier molecular flexibility index (Phi) is 7.38. The van der Waals surface area contributed by atoms with Gasteiger partial charge in [0.25, 0.3) is 5.56 Å². The van der Waals surface area contributed by atoms with Crippen LogP contribution in [0, 0.1) is 0 Å². The van der Waals surface area contributed by atoms with Gasteiger partial charge in [-0.3, -0.25) is 19.1 Å². The molecule has 0 saturated carbocycles. The number of hydrazone groups is 1. The summed E-state index contributed by atoms with van der Waals surface area (Å²) in [6, 6.07) is 16.7. The maximum Gasteiger partial charge on any atom is 0.331 e. The van der Waals surface area contributed by atoms with Gasteiger partial charge in [0.05, 0.1) is 18.3 Å². The molecule has 0 unspecified atom stereocenters. The molecule has 0 bridgehead atoms. The van der Waals surface area contributed by atoms with Crippen molar-refractivity contribution in [1.29, 1.82) is 0 Å². The first-order valence-electron chi connectivity index (χ1n) is 12.2. The number of benzene rings is 2. The van der Waals surface area contributed by atoms with E-state index in [1.54, 1.807) is 6.92 Å². The lowest BCUT2D eigenvalue weighted by Crippen LogP contribution is -2.34. The zero-order chi connectivity index (χ0) is 25.8. The minimum absolute atomic E-state index is 0.0798. The smallest absolute Gasteiger partial charge is 0.331 e. The maximum atomic E-state index is 12.8. The summed E-state index contributed by atoms with van der Waals surface area (Å²) in [5.74, 6) is -0.663. The van der Waals surface area contributed by atoms with Crippen molar-refractivity contribution >= 4 is 17.3 Å². The van der Waals surface area contributed by atoms with Crippen LogP contribution >= 0.6 is 0 Å². The zero-order valence-electron chi connectivity index (χ0n) is 20.8. The van der Waals surface area contributed by atoms with Crippen LogP contribution in [0.3, 0.4) is 0 Å². The predicted molar refractivity (Wildman–Crippen MR) is 140 cm³/mol. The molecule has 36 heavy (non-hydrogen) atoms. The first-order valence-corrected chi connectivity index (χ1v) is 12.2. The molecule has 0 spiro atoms. The number of hydrogen-bond acceptors (Lipinski definition) is 6. The van der Waals surface area contributed by atoms with Crippen LogP contribution in [-0.2, 0) is 11.3 Å². The van der Waals surface area contributed by atoms with Crippen molar-refractivity contribution in [3.8, 4) is 5.88 Å². The van der Waals surface area contributed by atoms with Crippen LogP contribution in [0.25, 0.3) is 0 Å². The Morgan fingerprint density at radius 2 is 1.72 bits per heavy atom. The van der Waals surface area contributed by atoms with Gasteiger partial charge in [0.15, 0.2) is 0 Å². The van der Waals surface area contributed by atoms with E-state index in [2.05, 4.69) is 28.8 Å². The molecule has 0 aliphatic carbocycles. The van der Waals surface area contributed by atoms with Crippen molar-refractivity contribution in [1.82, 2.24) is 14.6 Å². The number of rotatable bonds is 8. The summed E-state index contributed by atoms with van der Waals surface area (Å²) in [6.07, 6.45) is 0.469. The minimum atomic E-state index is -0.734. The van der Waals surface area contributed by atoms with Crippen LogP contribution in [0.1, 0.15) is 56.3 Å². The third-order valence-electron chi connectivity index (χ3n) is 6.52. The molecule has 2 N–H and O–H groups in total. The Labute approximate surface area is 209 Å². The number of carbonyl (C=O) groups is 1. The third kappa shape index (κ3) is 4.82. The average molecular weight is 490 g/mol. The lowest BCUT2D eigenvalue weighted by Gasteiger charge is -2.24. The lowest BCUT2D eigenvalue weighted by atomic mass is 9.98. The lowest BCUT2D eigenvalue weighted by molar-refractivity contribution is -0.132. The number of hydrogen-bond donors (Lipinski definition) is 2. The van der Waals surface area contributed by atoms with Crippen molar-refractivity contribution < 1.29 is 9.90 Å². The molecular formula is C27H31N5O4. The molecular weight excluding hydrogens is 458 g/mol. The summed E-state index contributed by atoms with van der Waals surface area (Å²) in [7, 11) is 0. The Balaban J connectivity index is 1.72. The minimum Gasteiger partial charge on any atom is -0.494 e. The number of aromatic nitrogens is 2. The van der Waals surface area contributed by atoms with Gasteiger partial charge >= 0.3 is 5.69 Å². The van der Waals surface area contributed by atoms with Crippen molar-refractivity contribution in [2.45, 2.75) is 46.2 Å². The molecule has 1 aromatic heterocycles. The average Bonchev–Trinajstić information content (AvgIpc) is 3.32. The number of nitrogens with zero attached hydrogens (tertiary/aromatic N) is 4. The van der Waals surface area contributed by atoms with Crippen LogP contribution < -0.4 is 16.1 Å². The fourth-order valence-electron chi connectivity index (χ4n) is 4.54. The monoisotopic (exact) mass is 489 g/mol. The Bertz CT molecular complexity index is 1370. The van der Waals surface area contributed by atoms with Crippen LogP contribution in [0.5, 0.6) is 5.88 Å². The van der Waals surface area contributed by atoms with Gasteiger partial charge in [-0.25, -0.2) is 9.80 Å². The first-order chi connectivity index (χ1) is 17.4. The molecule has 1 aliphatic heterocycles. The maximum absolute atomic E-state index is 12.8. The van der Waals surface area contributed by atoms with Crippen molar-refractivity contribution in [3.63, 3.8) is 0 Å². The third-order valence-corrected chi connectivity index (χ3v) is 6.52. The van der Waals surface area contributed by atoms with E-state index in [-0.39, 0.29) is 36.6 Å². The van der Waals surface area contributed by atoms with E-state index in [9.17, 15) is 19.5 Å². The standard InChI is InChI=1S/C27H31N5O4/c1-4-23(33)32-22(19-12-14-20(15-13-19)30(5-2)6-3)16-21(29-32)24-25(34)28-27(36)31(26(24)35)17-18-10-8-7-9-11-18/h7-15,22,35H,4-6,16-17H2,1-3H3,(H,28,34,36)/t22-/m1/s1. The van der Waals surface area contributed by atoms with E-state index in [1.165, 1.54) is 5.01 Å². The van der Waals surface area contributed by atoms with Gasteiger partial charge in [-0.1, -0.05) is 49.4 Å². The molecule has 2 aromatic carbocycles. The fourth-order valence-corrected chi connectivity index (χ4v) is 4.54. The second kappa shape index (κ2) is 10.6. The highest BCUT2D eigenvalue weighted by molar-refractivity contribution is 6.04. The number of anilines is 1. The van der Waals surface area contributed by atoms with E-state index < -0.39 is 23.2 Å². The summed E-state index contributed by atoms with van der Waals surface area (Å²) in [5, 5.41) is 16.9. The van der Waals surface area contributed by atoms with E-state index >= 15 is 0 Å². The SMILES string of the molecule is CCC(=O)N1N=C(c2c(O)n(Cc3ccccc3)c(=O)[nH]c2=O)C[C@@H]1c1ccc(N(CC)CC)cc1. The number of H-pyrrole nitrogens is 1. The molecule has 1 atom stereocenters. The number of nitrogens with one attached hydrogen (secondary N) is 1. The van der Waals surface area contributed by atoms with Gasteiger partial charge < -0.3 is 10.0 Å². The molecule has 9 nitrogen and oxygen atoms in total. The quantitative estimate of drug-likeness (QED) is 0.505. The van der Waals surface area contributed by atoms with Gasteiger partial charge in [0, 0.05) is 31.6 Å². The van der Waals surface area contributed by atoms with Gasteiger partial charge in [0.2, 0.25) is 11.8 Å². The Hall–Kier alpha value is -4.14. The number of aromatic amines is 1. The molecule has 0 radical (unpaired) electrons. The summed E-state index contributed by atoms with van der Waals surface area (Å²) in [4.78, 5) is 42.6. The largest absolute Gasteiger partial charge is 0.494 e. The molecule has 1 aliphatic rings. The molecule has 9 heteroatoms. The van der Waals surface area contributed by atoms with E-state index in [4.69, 9.17) is 0 Å². The van der Waals surface area contributed by atoms with Gasteiger partial charge in [-0.15, -0.1) is 0 Å². The van der Waals surface area contributed by atoms with Gasteiger partial charge in [-0.05, 0) is 37.1 Å². The molecule has 2 heterocycles. The van der Waals surface area contributed by atoms with Crippen LogP contribution in [-0.4, -0.2) is 44.4 Å². The summed E-state index contributed by atoms with van der Waals surface area (Å²) in [6.45, 7) is 7.79. The highest BCUT2D eigenvalue weighted by Gasteiger charge is 2.35. The fraction of sp³-hybridized carbons (Fsp3) is 0.333. The predicted octanol–water partition coefficient (Wildman–Crippen LogP) is 3.22. The van der Waals surface area contributed by atoms with Crippen molar-refractivity contribution in [2.24, 2.45) is 5.10 Å². The van der Waals surface area contributed by atoms with Crippen molar-refractivity contribution in [2.75, 3.05) is 18.0 Å². The Morgan fingerprint density at radius 1 is 1.06 bits per heavy atom. The van der Waals surface area contributed by atoms with Gasteiger partial charge in [-0.2, -0.15) is 5.10 Å². The molecule has 4 rings (SSSR count). The summed E-state index contributed by atoms with van der Waals surface area (Å²) < 4.78 is 1.10. The van der Waals surface area contributed by atoms with E-state index in [1.807, 2.05) is 54.6 Å². The molecule has 188 valence electrons. The van der Waals surface area contributed by atoms with Crippen LogP contribution in [0.2, 0.25) is 0 Å². The molecule has 1 amide bonds. The topological polar surface area (TPSA) is 111 Å².